The van der Waals surface area contributed by atoms with E-state index >= 15 is 0 Å². The van der Waals surface area contributed by atoms with Gasteiger partial charge >= 0.3 is 0 Å². The monoisotopic (exact) mass is 340 g/mol. The lowest BCUT2D eigenvalue weighted by atomic mass is 10.3. The number of hydrogen-bond donors (Lipinski definition) is 1. The SMILES string of the molecule is Cc1ccc(CN(CC(=O)Nc2ccccc2)Cc2ccco2)s1. The van der Waals surface area contributed by atoms with Crippen molar-refractivity contribution in [1.29, 1.82) is 0 Å². The normalized spacial score (nSPS) is 10.9. The molecule has 2 heterocycles. The van der Waals surface area contributed by atoms with Crippen molar-refractivity contribution in [3.05, 3.63) is 76.4 Å². The van der Waals surface area contributed by atoms with E-state index in [1.807, 2.05) is 42.5 Å². The van der Waals surface area contributed by atoms with Gasteiger partial charge in [-0.1, -0.05) is 18.2 Å². The summed E-state index contributed by atoms with van der Waals surface area (Å²) in [5.74, 6) is 0.830. The molecule has 0 saturated carbocycles. The summed E-state index contributed by atoms with van der Waals surface area (Å²) >= 11 is 1.76. The molecule has 0 aliphatic heterocycles. The number of carbonyl (C=O) groups excluding carboxylic acids is 1. The topological polar surface area (TPSA) is 45.5 Å². The number of benzene rings is 1. The minimum Gasteiger partial charge on any atom is -0.468 e. The van der Waals surface area contributed by atoms with Gasteiger partial charge in [-0.2, -0.15) is 0 Å². The van der Waals surface area contributed by atoms with E-state index in [1.165, 1.54) is 9.75 Å². The van der Waals surface area contributed by atoms with Crippen LogP contribution in [0.4, 0.5) is 5.69 Å². The maximum absolute atomic E-state index is 12.4. The molecule has 2 aromatic heterocycles. The van der Waals surface area contributed by atoms with Crippen molar-refractivity contribution < 1.29 is 9.21 Å². The van der Waals surface area contributed by atoms with Gasteiger partial charge in [0.1, 0.15) is 5.76 Å². The Bertz CT molecular complexity index is 766. The molecule has 1 aromatic carbocycles. The number of furan rings is 1. The van der Waals surface area contributed by atoms with Crippen molar-refractivity contribution in [2.45, 2.75) is 20.0 Å². The Labute approximate surface area is 145 Å². The van der Waals surface area contributed by atoms with Crippen molar-refractivity contribution >= 4 is 22.9 Å². The average molecular weight is 340 g/mol. The Morgan fingerprint density at radius 3 is 2.58 bits per heavy atom. The van der Waals surface area contributed by atoms with Gasteiger partial charge in [-0.25, -0.2) is 0 Å². The third kappa shape index (κ3) is 4.81. The summed E-state index contributed by atoms with van der Waals surface area (Å²) in [6.45, 7) is 3.73. The zero-order valence-electron chi connectivity index (χ0n) is 13.6. The lowest BCUT2D eigenvalue weighted by Crippen LogP contribution is -2.32. The largest absolute Gasteiger partial charge is 0.468 e. The quantitative estimate of drug-likeness (QED) is 0.698. The fraction of sp³-hybridized carbons (Fsp3) is 0.211. The number of nitrogens with one attached hydrogen (secondary N) is 1. The minimum atomic E-state index is -0.0268. The molecule has 1 amide bonds. The number of para-hydroxylation sites is 1. The lowest BCUT2D eigenvalue weighted by molar-refractivity contribution is -0.117. The van der Waals surface area contributed by atoms with E-state index in [2.05, 4.69) is 29.3 Å². The average Bonchev–Trinajstić information content (AvgIpc) is 3.20. The summed E-state index contributed by atoms with van der Waals surface area (Å²) in [6, 6.07) is 17.5. The van der Waals surface area contributed by atoms with E-state index in [0.717, 1.165) is 18.0 Å². The number of carbonyl (C=O) groups is 1. The Kier molecular flexibility index (Phi) is 5.46. The lowest BCUT2D eigenvalue weighted by Gasteiger charge is -2.20. The second kappa shape index (κ2) is 7.95. The van der Waals surface area contributed by atoms with Crippen molar-refractivity contribution in [2.75, 3.05) is 11.9 Å². The number of nitrogens with zero attached hydrogens (tertiary/aromatic N) is 1. The Morgan fingerprint density at radius 1 is 1.08 bits per heavy atom. The van der Waals surface area contributed by atoms with Gasteiger partial charge < -0.3 is 9.73 Å². The fourth-order valence-corrected chi connectivity index (χ4v) is 3.44. The molecule has 0 saturated heterocycles. The Balaban J connectivity index is 1.65. The molecule has 0 aliphatic carbocycles. The van der Waals surface area contributed by atoms with Crippen LogP contribution >= 0.6 is 11.3 Å². The third-order valence-electron chi connectivity index (χ3n) is 3.56. The predicted molar refractivity (Wildman–Crippen MR) is 96.9 cm³/mol. The summed E-state index contributed by atoms with van der Waals surface area (Å²) < 4.78 is 5.44. The first-order valence-electron chi connectivity index (χ1n) is 7.84. The standard InChI is InChI=1S/C19H20N2O2S/c1-15-9-10-18(24-15)13-21(12-17-8-5-11-23-17)14-19(22)20-16-6-3-2-4-7-16/h2-11H,12-14H2,1H3,(H,20,22). The number of thiophene rings is 1. The molecular weight excluding hydrogens is 320 g/mol. The van der Waals surface area contributed by atoms with Crippen molar-refractivity contribution in [3.63, 3.8) is 0 Å². The minimum absolute atomic E-state index is 0.0268. The van der Waals surface area contributed by atoms with Crippen molar-refractivity contribution in [2.24, 2.45) is 0 Å². The van der Waals surface area contributed by atoms with Crippen LogP contribution in [0.3, 0.4) is 0 Å². The van der Waals surface area contributed by atoms with Crippen LogP contribution in [0.25, 0.3) is 0 Å². The smallest absolute Gasteiger partial charge is 0.238 e. The molecule has 3 rings (SSSR count). The molecule has 124 valence electrons. The highest BCUT2D eigenvalue weighted by molar-refractivity contribution is 7.11. The van der Waals surface area contributed by atoms with Crippen LogP contribution in [0.2, 0.25) is 0 Å². The Hall–Kier alpha value is -2.37. The molecule has 0 fully saturated rings. The van der Waals surface area contributed by atoms with Gasteiger partial charge in [0.15, 0.2) is 0 Å². The maximum Gasteiger partial charge on any atom is 0.238 e. The number of rotatable bonds is 7. The van der Waals surface area contributed by atoms with Crippen molar-refractivity contribution in [3.8, 4) is 0 Å². The molecule has 4 nitrogen and oxygen atoms in total. The van der Waals surface area contributed by atoms with Gasteiger partial charge in [0.2, 0.25) is 5.91 Å². The van der Waals surface area contributed by atoms with E-state index in [0.29, 0.717) is 13.1 Å². The van der Waals surface area contributed by atoms with Crippen LogP contribution < -0.4 is 5.32 Å². The highest BCUT2D eigenvalue weighted by Gasteiger charge is 2.14. The number of amides is 1. The first-order chi connectivity index (χ1) is 11.7. The molecule has 5 heteroatoms. The van der Waals surface area contributed by atoms with Crippen LogP contribution in [-0.2, 0) is 17.9 Å². The van der Waals surface area contributed by atoms with Crippen LogP contribution in [0, 0.1) is 6.92 Å². The van der Waals surface area contributed by atoms with E-state index < -0.39 is 0 Å². The molecule has 0 atom stereocenters. The van der Waals surface area contributed by atoms with Gasteiger partial charge in [0, 0.05) is 22.0 Å². The zero-order valence-corrected chi connectivity index (χ0v) is 14.4. The molecule has 1 N–H and O–H groups in total. The van der Waals surface area contributed by atoms with Crippen LogP contribution in [0.15, 0.2) is 65.3 Å². The van der Waals surface area contributed by atoms with E-state index in [4.69, 9.17) is 4.42 Å². The van der Waals surface area contributed by atoms with E-state index in [-0.39, 0.29) is 5.91 Å². The molecule has 0 unspecified atom stereocenters. The molecule has 0 radical (unpaired) electrons. The fourth-order valence-electron chi connectivity index (χ4n) is 2.51. The molecule has 0 aliphatic rings. The summed E-state index contributed by atoms with van der Waals surface area (Å²) in [5, 5.41) is 2.94. The van der Waals surface area contributed by atoms with Gasteiger partial charge in [0.05, 0.1) is 19.4 Å². The maximum atomic E-state index is 12.4. The number of hydrogen-bond acceptors (Lipinski definition) is 4. The van der Waals surface area contributed by atoms with Crippen molar-refractivity contribution in [1.82, 2.24) is 4.90 Å². The van der Waals surface area contributed by atoms with Crippen LogP contribution in [0.5, 0.6) is 0 Å². The summed E-state index contributed by atoms with van der Waals surface area (Å²) in [7, 11) is 0. The third-order valence-corrected chi connectivity index (χ3v) is 4.55. The van der Waals surface area contributed by atoms with Gasteiger partial charge in [0.25, 0.3) is 0 Å². The van der Waals surface area contributed by atoms with E-state index in [9.17, 15) is 4.79 Å². The second-order valence-electron chi connectivity index (χ2n) is 5.65. The molecule has 0 spiro atoms. The number of anilines is 1. The Morgan fingerprint density at radius 2 is 1.92 bits per heavy atom. The summed E-state index contributed by atoms with van der Waals surface area (Å²) in [5.41, 5.74) is 0.812. The molecule has 0 bridgehead atoms. The van der Waals surface area contributed by atoms with Gasteiger partial charge in [-0.3, -0.25) is 9.69 Å². The summed E-state index contributed by atoms with van der Waals surface area (Å²) in [4.78, 5) is 17.0. The number of aryl methyl sites for hydroxylation is 1. The van der Waals surface area contributed by atoms with Crippen LogP contribution in [-0.4, -0.2) is 17.4 Å². The zero-order chi connectivity index (χ0) is 16.8. The first-order valence-corrected chi connectivity index (χ1v) is 8.65. The molecular formula is C19H20N2O2S. The molecule has 24 heavy (non-hydrogen) atoms. The predicted octanol–water partition coefficient (Wildman–Crippen LogP) is 4.29. The molecule has 3 aromatic rings. The second-order valence-corrected chi connectivity index (χ2v) is 7.02. The van der Waals surface area contributed by atoms with Gasteiger partial charge in [-0.05, 0) is 43.3 Å². The highest BCUT2D eigenvalue weighted by atomic mass is 32.1. The summed E-state index contributed by atoms with van der Waals surface area (Å²) in [6.07, 6.45) is 1.66. The highest BCUT2D eigenvalue weighted by Crippen LogP contribution is 2.18. The first kappa shape index (κ1) is 16.5. The van der Waals surface area contributed by atoms with Gasteiger partial charge in [-0.15, -0.1) is 11.3 Å². The van der Waals surface area contributed by atoms with E-state index in [1.54, 1.807) is 17.6 Å². The van der Waals surface area contributed by atoms with Crippen LogP contribution in [0.1, 0.15) is 15.5 Å².